The molecule has 2 aromatic carbocycles. The number of ether oxygens (including phenoxy) is 1. The van der Waals surface area contributed by atoms with Gasteiger partial charge in [-0.25, -0.2) is 9.18 Å². The van der Waals surface area contributed by atoms with Gasteiger partial charge in [0.05, 0.1) is 17.0 Å². The predicted molar refractivity (Wildman–Crippen MR) is 114 cm³/mol. The maximum atomic E-state index is 13.5. The van der Waals surface area contributed by atoms with Crippen molar-refractivity contribution in [1.29, 1.82) is 0 Å². The number of nitrogens with one attached hydrogen (secondary N) is 2. The van der Waals surface area contributed by atoms with Gasteiger partial charge < -0.3 is 15.4 Å². The molecule has 0 saturated heterocycles. The van der Waals surface area contributed by atoms with Gasteiger partial charge in [-0.1, -0.05) is 24.3 Å². The summed E-state index contributed by atoms with van der Waals surface area (Å²) >= 11 is 0.956. The highest BCUT2D eigenvalue weighted by Crippen LogP contribution is 2.34. The van der Waals surface area contributed by atoms with E-state index in [1.165, 1.54) is 18.2 Å². The van der Waals surface area contributed by atoms with Gasteiger partial charge in [-0.05, 0) is 49.7 Å². The third-order valence-corrected chi connectivity index (χ3v) is 5.38. The van der Waals surface area contributed by atoms with Gasteiger partial charge in [0.1, 0.15) is 10.8 Å². The molecule has 2 amide bonds. The summed E-state index contributed by atoms with van der Waals surface area (Å²) in [7, 11) is 0. The van der Waals surface area contributed by atoms with Gasteiger partial charge in [0.25, 0.3) is 11.8 Å². The van der Waals surface area contributed by atoms with Crippen LogP contribution in [0.1, 0.15) is 42.9 Å². The number of carbonyl (C=O) groups is 3. The van der Waals surface area contributed by atoms with Crippen LogP contribution in [0.15, 0.2) is 54.6 Å². The summed E-state index contributed by atoms with van der Waals surface area (Å²) in [5.74, 6) is -2.23. The Kier molecular flexibility index (Phi) is 6.58. The summed E-state index contributed by atoms with van der Waals surface area (Å²) in [4.78, 5) is 38.1. The summed E-state index contributed by atoms with van der Waals surface area (Å²) in [6.07, 6.45) is 0. The number of rotatable bonds is 6. The second-order valence-corrected chi connectivity index (χ2v) is 7.29. The molecule has 0 spiro atoms. The van der Waals surface area contributed by atoms with Crippen LogP contribution in [0.25, 0.3) is 0 Å². The zero-order valence-electron chi connectivity index (χ0n) is 16.3. The largest absolute Gasteiger partial charge is 0.462 e. The number of amides is 2. The number of carbonyl (C=O) groups excluding carboxylic acids is 3. The summed E-state index contributed by atoms with van der Waals surface area (Å²) in [6, 6.07) is 14.0. The van der Waals surface area contributed by atoms with Crippen molar-refractivity contribution in [3.63, 3.8) is 0 Å². The van der Waals surface area contributed by atoms with Crippen LogP contribution < -0.4 is 10.6 Å². The zero-order chi connectivity index (χ0) is 21.7. The van der Waals surface area contributed by atoms with Gasteiger partial charge in [-0.3, -0.25) is 9.59 Å². The number of halogens is 1. The molecule has 0 aliphatic heterocycles. The predicted octanol–water partition coefficient (Wildman–Crippen LogP) is 4.88. The first kappa shape index (κ1) is 21.2. The lowest BCUT2D eigenvalue weighted by atomic mass is 10.1. The molecule has 0 bridgehead atoms. The number of anilines is 2. The second-order valence-electron chi connectivity index (χ2n) is 6.27. The Morgan fingerprint density at radius 2 is 1.73 bits per heavy atom. The van der Waals surface area contributed by atoms with E-state index < -0.39 is 23.6 Å². The van der Waals surface area contributed by atoms with Crippen LogP contribution in [0.3, 0.4) is 0 Å². The molecule has 6 nitrogen and oxygen atoms in total. The van der Waals surface area contributed by atoms with E-state index in [9.17, 15) is 18.8 Å². The minimum atomic E-state index is -0.653. The van der Waals surface area contributed by atoms with Gasteiger partial charge in [0.2, 0.25) is 0 Å². The zero-order valence-corrected chi connectivity index (χ0v) is 17.1. The Labute approximate surface area is 176 Å². The van der Waals surface area contributed by atoms with Crippen LogP contribution >= 0.6 is 11.3 Å². The third kappa shape index (κ3) is 4.72. The number of benzene rings is 2. The number of esters is 1. The van der Waals surface area contributed by atoms with E-state index in [4.69, 9.17) is 4.74 Å². The molecule has 3 aromatic rings. The molecule has 0 saturated carbocycles. The Hall–Kier alpha value is -3.52. The molecule has 0 aliphatic rings. The van der Waals surface area contributed by atoms with Gasteiger partial charge in [0, 0.05) is 11.3 Å². The molecule has 0 aliphatic carbocycles. The molecule has 0 radical (unpaired) electrons. The molecule has 1 aromatic heterocycles. The van der Waals surface area contributed by atoms with E-state index in [1.807, 2.05) is 6.07 Å². The maximum Gasteiger partial charge on any atom is 0.341 e. The molecule has 8 heteroatoms. The topological polar surface area (TPSA) is 84.5 Å². The van der Waals surface area contributed by atoms with E-state index >= 15 is 0 Å². The van der Waals surface area contributed by atoms with Crippen molar-refractivity contribution in [3.8, 4) is 0 Å². The first-order valence-corrected chi connectivity index (χ1v) is 9.96. The van der Waals surface area contributed by atoms with Crippen molar-refractivity contribution < 1.29 is 23.5 Å². The van der Waals surface area contributed by atoms with Crippen molar-refractivity contribution in [2.75, 3.05) is 17.2 Å². The third-order valence-electron chi connectivity index (χ3n) is 4.18. The van der Waals surface area contributed by atoms with Gasteiger partial charge in [-0.2, -0.15) is 0 Å². The minimum absolute atomic E-state index is 0.0890. The maximum absolute atomic E-state index is 13.5. The lowest BCUT2D eigenvalue weighted by molar-refractivity contribution is 0.0527. The van der Waals surface area contributed by atoms with Crippen LogP contribution in [0.5, 0.6) is 0 Å². The monoisotopic (exact) mass is 426 g/mol. The number of hydrogen-bond acceptors (Lipinski definition) is 5. The standard InChI is InChI=1S/C22H19FN2O4S/c1-3-29-22(28)17-13(2)18(20(27)24-16-10-5-4-6-11-16)30-21(17)25-19(26)14-8-7-9-15(23)12-14/h4-12H,3H2,1-2H3,(H,24,27)(H,25,26). The molecule has 0 unspecified atom stereocenters. The van der Waals surface area contributed by atoms with Gasteiger partial charge in [-0.15, -0.1) is 11.3 Å². The van der Waals surface area contributed by atoms with Crippen LogP contribution in [0, 0.1) is 12.7 Å². The van der Waals surface area contributed by atoms with Crippen molar-refractivity contribution in [3.05, 3.63) is 82.0 Å². The SMILES string of the molecule is CCOC(=O)c1c(NC(=O)c2cccc(F)c2)sc(C(=O)Nc2ccccc2)c1C. The van der Waals surface area contributed by atoms with Crippen LogP contribution in [-0.2, 0) is 4.74 Å². The lowest BCUT2D eigenvalue weighted by Gasteiger charge is -2.07. The first-order chi connectivity index (χ1) is 14.4. The summed E-state index contributed by atoms with van der Waals surface area (Å²) < 4.78 is 18.5. The molecule has 1 heterocycles. The quantitative estimate of drug-likeness (QED) is 0.551. The van der Waals surface area contributed by atoms with E-state index in [0.29, 0.717) is 11.3 Å². The van der Waals surface area contributed by atoms with Crippen molar-refractivity contribution in [2.45, 2.75) is 13.8 Å². The van der Waals surface area contributed by atoms with E-state index in [1.54, 1.807) is 38.1 Å². The highest BCUT2D eigenvalue weighted by atomic mass is 32.1. The van der Waals surface area contributed by atoms with Crippen LogP contribution in [0.2, 0.25) is 0 Å². The number of thiophene rings is 1. The normalized spacial score (nSPS) is 10.4. The average Bonchev–Trinajstić information content (AvgIpc) is 3.05. The summed E-state index contributed by atoms with van der Waals surface area (Å²) in [5, 5.41) is 5.53. The number of hydrogen-bond donors (Lipinski definition) is 2. The molecule has 3 rings (SSSR count). The Balaban J connectivity index is 1.94. The van der Waals surface area contributed by atoms with Crippen LogP contribution in [0.4, 0.5) is 15.1 Å². The lowest BCUT2D eigenvalue weighted by Crippen LogP contribution is -2.15. The fourth-order valence-electron chi connectivity index (χ4n) is 2.78. The van der Waals surface area contributed by atoms with Gasteiger partial charge in [0.15, 0.2) is 0 Å². The fraction of sp³-hybridized carbons (Fsp3) is 0.136. The Bertz CT molecular complexity index is 1100. The van der Waals surface area contributed by atoms with Crippen molar-refractivity contribution in [2.24, 2.45) is 0 Å². The molecule has 2 N–H and O–H groups in total. The number of para-hydroxylation sites is 1. The molecule has 0 fully saturated rings. The Morgan fingerprint density at radius 3 is 2.40 bits per heavy atom. The summed E-state index contributed by atoms with van der Waals surface area (Å²) in [5.41, 5.74) is 1.18. The molecule has 30 heavy (non-hydrogen) atoms. The van der Waals surface area contributed by atoms with E-state index in [0.717, 1.165) is 17.4 Å². The van der Waals surface area contributed by atoms with Gasteiger partial charge >= 0.3 is 5.97 Å². The molecule has 0 atom stereocenters. The first-order valence-electron chi connectivity index (χ1n) is 9.14. The second kappa shape index (κ2) is 9.32. The van der Waals surface area contributed by atoms with E-state index in [-0.39, 0.29) is 27.6 Å². The smallest absolute Gasteiger partial charge is 0.341 e. The van der Waals surface area contributed by atoms with Crippen molar-refractivity contribution >= 4 is 39.8 Å². The Morgan fingerprint density at radius 1 is 1.00 bits per heavy atom. The van der Waals surface area contributed by atoms with Crippen molar-refractivity contribution in [1.82, 2.24) is 0 Å². The molecular formula is C22H19FN2O4S. The fourth-order valence-corrected chi connectivity index (χ4v) is 3.87. The highest BCUT2D eigenvalue weighted by molar-refractivity contribution is 7.19. The molecular weight excluding hydrogens is 407 g/mol. The summed E-state index contributed by atoms with van der Waals surface area (Å²) in [6.45, 7) is 3.41. The van der Waals surface area contributed by atoms with E-state index in [2.05, 4.69) is 10.6 Å². The molecule has 154 valence electrons. The van der Waals surface area contributed by atoms with Crippen LogP contribution in [-0.4, -0.2) is 24.4 Å². The average molecular weight is 426 g/mol. The minimum Gasteiger partial charge on any atom is -0.462 e. The highest BCUT2D eigenvalue weighted by Gasteiger charge is 2.27.